The quantitative estimate of drug-likeness (QED) is 0.298. The minimum atomic E-state index is -2.80. The zero-order valence-electron chi connectivity index (χ0n) is 18.5. The summed E-state index contributed by atoms with van der Waals surface area (Å²) < 4.78 is 28.8. The lowest BCUT2D eigenvalue weighted by Crippen LogP contribution is -2.39. The van der Waals surface area contributed by atoms with Crippen molar-refractivity contribution >= 4 is 39.5 Å². The molecule has 0 radical (unpaired) electrons. The number of benzene rings is 1. The first-order chi connectivity index (χ1) is 15.4. The zero-order chi connectivity index (χ0) is 22.6. The van der Waals surface area contributed by atoms with Crippen LogP contribution in [0.1, 0.15) is 69.3 Å². The molecule has 0 atom stereocenters. The fraction of sp³-hybridized carbons (Fsp3) is 0.640. The molecule has 2 fully saturated rings. The van der Waals surface area contributed by atoms with E-state index in [0.29, 0.717) is 11.8 Å². The second-order valence-electron chi connectivity index (χ2n) is 9.49. The molecule has 1 saturated heterocycles. The number of nitrogens with zero attached hydrogens (tertiary/aromatic N) is 1. The first-order valence-corrected chi connectivity index (χ1v) is 13.0. The molecule has 1 N–H and O–H groups in total. The van der Waals surface area contributed by atoms with Crippen LogP contribution >= 0.6 is 22.6 Å². The molecule has 7 heteroatoms. The molecule has 1 aromatic carbocycles. The lowest BCUT2D eigenvalue weighted by atomic mass is 9.83. The predicted molar refractivity (Wildman–Crippen MR) is 131 cm³/mol. The highest BCUT2D eigenvalue weighted by atomic mass is 127. The highest BCUT2D eigenvalue weighted by Crippen LogP contribution is 2.35. The molecular weight excluding hydrogens is 525 g/mol. The van der Waals surface area contributed by atoms with Crippen LogP contribution in [0.5, 0.6) is 0 Å². The molecule has 1 saturated carbocycles. The number of halogens is 3. The molecule has 2 aromatic rings. The van der Waals surface area contributed by atoms with E-state index in [4.69, 9.17) is 4.42 Å². The third-order valence-electron chi connectivity index (χ3n) is 7.24. The number of nitrogens with one attached hydrogen (secondary N) is 1. The van der Waals surface area contributed by atoms with Crippen molar-refractivity contribution in [3.63, 3.8) is 0 Å². The van der Waals surface area contributed by atoms with E-state index in [9.17, 15) is 13.6 Å². The van der Waals surface area contributed by atoms with Crippen LogP contribution in [0.25, 0.3) is 11.0 Å². The van der Waals surface area contributed by atoms with Gasteiger partial charge in [0.25, 0.3) is 3.93 Å². The number of para-hydroxylation sites is 1. The summed E-state index contributed by atoms with van der Waals surface area (Å²) in [6.45, 7) is 3.42. The third kappa shape index (κ3) is 6.65. The van der Waals surface area contributed by atoms with Crippen molar-refractivity contribution in [2.75, 3.05) is 19.6 Å². The van der Waals surface area contributed by atoms with Crippen molar-refractivity contribution in [2.45, 2.75) is 73.7 Å². The summed E-state index contributed by atoms with van der Waals surface area (Å²) in [5.74, 6) is 1.05. The average molecular weight is 558 g/mol. The molecule has 32 heavy (non-hydrogen) atoms. The SMILES string of the molecule is O=C(CCC(F)(F)I)NC1CCC(CCN2CCC(c3coc4ccccc34)CC2)CC1. The second kappa shape index (κ2) is 10.8. The Morgan fingerprint density at radius 1 is 1.12 bits per heavy atom. The molecule has 2 heterocycles. The van der Waals surface area contributed by atoms with Crippen LogP contribution in [-0.4, -0.2) is 40.4 Å². The Kier molecular flexibility index (Phi) is 8.08. The van der Waals surface area contributed by atoms with Gasteiger partial charge in [-0.05, 0) is 105 Å². The fourth-order valence-electron chi connectivity index (χ4n) is 5.30. The fourth-order valence-corrected chi connectivity index (χ4v) is 5.57. The Hall–Kier alpha value is -1.22. The maximum atomic E-state index is 12.9. The van der Waals surface area contributed by atoms with Crippen LogP contribution in [0.4, 0.5) is 8.78 Å². The van der Waals surface area contributed by atoms with Gasteiger partial charge in [0.1, 0.15) is 5.58 Å². The molecule has 1 amide bonds. The van der Waals surface area contributed by atoms with E-state index in [0.717, 1.165) is 73.5 Å². The van der Waals surface area contributed by atoms with Crippen molar-refractivity contribution in [3.8, 4) is 0 Å². The predicted octanol–water partition coefficient (Wildman–Crippen LogP) is 6.49. The summed E-state index contributed by atoms with van der Waals surface area (Å²) in [6, 6.07) is 8.46. The molecule has 4 nitrogen and oxygen atoms in total. The van der Waals surface area contributed by atoms with E-state index in [1.54, 1.807) is 0 Å². The van der Waals surface area contributed by atoms with Crippen LogP contribution in [0.2, 0.25) is 0 Å². The number of piperidine rings is 1. The maximum absolute atomic E-state index is 12.9. The molecule has 1 aromatic heterocycles. The largest absolute Gasteiger partial charge is 0.464 e. The average Bonchev–Trinajstić information content (AvgIpc) is 3.21. The van der Waals surface area contributed by atoms with Crippen LogP contribution < -0.4 is 5.32 Å². The second-order valence-corrected chi connectivity index (χ2v) is 11.1. The van der Waals surface area contributed by atoms with Crippen LogP contribution in [0.3, 0.4) is 0 Å². The summed E-state index contributed by atoms with van der Waals surface area (Å²) in [5.41, 5.74) is 2.35. The summed E-state index contributed by atoms with van der Waals surface area (Å²) in [5, 5.41) is 4.22. The van der Waals surface area contributed by atoms with Gasteiger partial charge in [-0.1, -0.05) is 18.2 Å². The molecular formula is C25H33F2IN2O2. The van der Waals surface area contributed by atoms with Gasteiger partial charge in [0.2, 0.25) is 5.91 Å². The Morgan fingerprint density at radius 2 is 1.84 bits per heavy atom. The van der Waals surface area contributed by atoms with E-state index < -0.39 is 3.93 Å². The summed E-state index contributed by atoms with van der Waals surface area (Å²) in [6.07, 6.45) is 9.20. The molecule has 4 rings (SSSR count). The van der Waals surface area contributed by atoms with Crippen molar-refractivity contribution < 1.29 is 18.0 Å². The minimum absolute atomic E-state index is 0.0968. The van der Waals surface area contributed by atoms with Crippen molar-refractivity contribution in [1.82, 2.24) is 10.2 Å². The van der Waals surface area contributed by atoms with Gasteiger partial charge in [-0.3, -0.25) is 4.79 Å². The number of carbonyl (C=O) groups excluding carboxylic acids is 1. The Morgan fingerprint density at radius 3 is 2.56 bits per heavy atom. The number of alkyl halides is 3. The Bertz CT molecular complexity index is 881. The first kappa shape index (κ1) is 23.9. The van der Waals surface area contributed by atoms with E-state index in [-0.39, 0.29) is 24.8 Å². The molecule has 2 aliphatic rings. The van der Waals surface area contributed by atoms with Gasteiger partial charge in [0, 0.05) is 29.8 Å². The van der Waals surface area contributed by atoms with Gasteiger partial charge in [-0.2, -0.15) is 8.78 Å². The third-order valence-corrected chi connectivity index (χ3v) is 7.78. The lowest BCUT2D eigenvalue weighted by Gasteiger charge is -2.34. The first-order valence-electron chi connectivity index (χ1n) is 11.9. The number of rotatable bonds is 8. The molecule has 1 aliphatic carbocycles. The number of hydrogen-bond donors (Lipinski definition) is 1. The number of likely N-dealkylation sites (tertiary alicyclic amines) is 1. The van der Waals surface area contributed by atoms with Gasteiger partial charge in [0.15, 0.2) is 0 Å². The van der Waals surface area contributed by atoms with E-state index in [1.165, 1.54) is 30.2 Å². The standard InChI is InChI=1S/C25H33F2IN2O2/c26-25(27,28)13-9-24(31)29-20-7-5-18(6-8-20)10-14-30-15-11-19(12-16-30)22-17-32-23-4-2-1-3-21(22)23/h1-4,17-20H,5-16H2,(H,29,31). The van der Waals surface area contributed by atoms with Gasteiger partial charge in [-0.25, -0.2) is 0 Å². The maximum Gasteiger partial charge on any atom is 0.297 e. The molecule has 0 bridgehead atoms. The summed E-state index contributed by atoms with van der Waals surface area (Å²) in [4.78, 5) is 14.5. The number of furan rings is 1. The number of carbonyl (C=O) groups is 1. The lowest BCUT2D eigenvalue weighted by molar-refractivity contribution is -0.122. The smallest absolute Gasteiger partial charge is 0.297 e. The van der Waals surface area contributed by atoms with Gasteiger partial charge in [0.05, 0.1) is 6.26 Å². The number of amides is 1. The summed E-state index contributed by atoms with van der Waals surface area (Å²) in [7, 11) is 0. The molecule has 0 unspecified atom stereocenters. The Balaban J connectivity index is 1.13. The van der Waals surface area contributed by atoms with E-state index in [2.05, 4.69) is 22.3 Å². The van der Waals surface area contributed by atoms with Crippen LogP contribution in [-0.2, 0) is 4.79 Å². The molecule has 0 spiro atoms. The van der Waals surface area contributed by atoms with Crippen LogP contribution in [0, 0.1) is 5.92 Å². The van der Waals surface area contributed by atoms with Crippen LogP contribution in [0.15, 0.2) is 34.9 Å². The van der Waals surface area contributed by atoms with Crippen molar-refractivity contribution in [2.24, 2.45) is 5.92 Å². The zero-order valence-corrected chi connectivity index (χ0v) is 20.7. The summed E-state index contributed by atoms with van der Waals surface area (Å²) >= 11 is 1.10. The Labute approximate surface area is 202 Å². The van der Waals surface area contributed by atoms with Gasteiger partial charge in [-0.15, -0.1) is 0 Å². The van der Waals surface area contributed by atoms with Crippen molar-refractivity contribution in [1.29, 1.82) is 0 Å². The van der Waals surface area contributed by atoms with E-state index >= 15 is 0 Å². The normalized spacial score (nSPS) is 23.5. The monoisotopic (exact) mass is 558 g/mol. The molecule has 176 valence electrons. The number of hydrogen-bond acceptors (Lipinski definition) is 3. The minimum Gasteiger partial charge on any atom is -0.464 e. The highest BCUT2D eigenvalue weighted by molar-refractivity contribution is 14.1. The topological polar surface area (TPSA) is 45.5 Å². The van der Waals surface area contributed by atoms with Gasteiger partial charge < -0.3 is 14.6 Å². The number of fused-ring (bicyclic) bond motifs is 1. The van der Waals surface area contributed by atoms with Crippen molar-refractivity contribution in [3.05, 3.63) is 36.1 Å². The highest BCUT2D eigenvalue weighted by Gasteiger charge is 2.28. The van der Waals surface area contributed by atoms with Gasteiger partial charge >= 0.3 is 0 Å². The molecule has 1 aliphatic heterocycles. The van der Waals surface area contributed by atoms with E-state index in [1.807, 2.05) is 18.4 Å².